The summed E-state index contributed by atoms with van der Waals surface area (Å²) >= 11 is 4.94. The smallest absolute Gasteiger partial charge is 0.189 e. The van der Waals surface area contributed by atoms with Gasteiger partial charge >= 0.3 is 0 Å². The van der Waals surface area contributed by atoms with E-state index in [9.17, 15) is 0 Å². The molecule has 4 heteroatoms. The van der Waals surface area contributed by atoms with Crippen molar-refractivity contribution in [3.63, 3.8) is 0 Å². The first-order valence-corrected chi connectivity index (χ1v) is 5.77. The van der Waals surface area contributed by atoms with Crippen LogP contribution in [0.2, 0.25) is 0 Å². The number of hydrogen-bond acceptors (Lipinski definition) is 3. The van der Waals surface area contributed by atoms with Crippen LogP contribution in [0.3, 0.4) is 0 Å². The van der Waals surface area contributed by atoms with Crippen LogP contribution >= 0.6 is 12.2 Å². The lowest BCUT2D eigenvalue weighted by Gasteiger charge is -2.10. The number of para-hydroxylation sites is 1. The zero-order valence-electron chi connectivity index (χ0n) is 9.02. The van der Waals surface area contributed by atoms with Gasteiger partial charge in [-0.2, -0.15) is 0 Å². The van der Waals surface area contributed by atoms with E-state index in [0.29, 0.717) is 10.7 Å². The molecule has 1 aromatic rings. The minimum absolute atomic E-state index is 0.260. The van der Waals surface area contributed by atoms with Gasteiger partial charge in [0, 0.05) is 0 Å². The average molecular weight is 237 g/mol. The normalized spacial score (nSPS) is 14.8. The summed E-state index contributed by atoms with van der Waals surface area (Å²) < 4.78 is 10.9. The highest BCUT2D eigenvalue weighted by Gasteiger charge is 2.21. The van der Waals surface area contributed by atoms with Gasteiger partial charge < -0.3 is 15.2 Å². The minimum Gasteiger partial charge on any atom is -0.467 e. The molecule has 1 aliphatic carbocycles. The molecule has 0 heterocycles. The molecule has 0 unspecified atom stereocenters. The van der Waals surface area contributed by atoms with Gasteiger partial charge in [-0.15, -0.1) is 0 Å². The Hall–Kier alpha value is -1.13. The molecule has 1 saturated carbocycles. The highest BCUT2D eigenvalue weighted by Crippen LogP contribution is 2.28. The molecule has 1 fully saturated rings. The zero-order chi connectivity index (χ0) is 11.4. The molecule has 0 radical (unpaired) electrons. The van der Waals surface area contributed by atoms with Gasteiger partial charge in [0.1, 0.15) is 10.7 Å². The van der Waals surface area contributed by atoms with Crippen molar-refractivity contribution in [2.24, 2.45) is 11.7 Å². The van der Waals surface area contributed by atoms with Crippen LogP contribution in [-0.4, -0.2) is 18.4 Å². The zero-order valence-corrected chi connectivity index (χ0v) is 9.83. The average Bonchev–Trinajstić information content (AvgIpc) is 3.08. The van der Waals surface area contributed by atoms with E-state index in [1.54, 1.807) is 0 Å². The predicted octanol–water partition coefficient (Wildman–Crippen LogP) is 2.08. The SMILES string of the molecule is NC(=S)c1ccccc1OCOCC1CC1. The van der Waals surface area contributed by atoms with Crippen LogP contribution in [0.1, 0.15) is 18.4 Å². The summed E-state index contributed by atoms with van der Waals surface area (Å²) in [4.78, 5) is 0.345. The molecule has 0 bridgehead atoms. The highest BCUT2D eigenvalue weighted by atomic mass is 32.1. The van der Waals surface area contributed by atoms with Crippen molar-refractivity contribution in [3.05, 3.63) is 29.8 Å². The predicted molar refractivity (Wildman–Crippen MR) is 66.5 cm³/mol. The Kier molecular flexibility index (Phi) is 3.74. The van der Waals surface area contributed by atoms with Gasteiger partial charge in [-0.05, 0) is 30.9 Å². The maximum atomic E-state index is 5.59. The molecule has 0 aliphatic heterocycles. The number of ether oxygens (including phenoxy) is 2. The summed E-state index contributed by atoms with van der Waals surface area (Å²) in [5, 5.41) is 0. The molecule has 1 aromatic carbocycles. The van der Waals surface area contributed by atoms with Crippen LogP contribution in [0.15, 0.2) is 24.3 Å². The van der Waals surface area contributed by atoms with E-state index >= 15 is 0 Å². The molecule has 0 spiro atoms. The second-order valence-corrected chi connectivity index (χ2v) is 4.38. The van der Waals surface area contributed by atoms with E-state index < -0.39 is 0 Å². The van der Waals surface area contributed by atoms with Gasteiger partial charge in [0.25, 0.3) is 0 Å². The van der Waals surface area contributed by atoms with Crippen molar-refractivity contribution in [2.45, 2.75) is 12.8 Å². The molecular formula is C12H15NO2S. The second-order valence-electron chi connectivity index (χ2n) is 3.94. The van der Waals surface area contributed by atoms with Crippen LogP contribution in [0.4, 0.5) is 0 Å². The third-order valence-corrected chi connectivity index (χ3v) is 2.72. The molecule has 2 rings (SSSR count). The molecule has 0 saturated heterocycles. The summed E-state index contributed by atoms with van der Waals surface area (Å²) in [6.45, 7) is 1.05. The van der Waals surface area contributed by atoms with Gasteiger partial charge in [0.05, 0.1) is 12.2 Å². The third kappa shape index (κ3) is 3.18. The van der Waals surface area contributed by atoms with E-state index in [0.717, 1.165) is 18.1 Å². The summed E-state index contributed by atoms with van der Waals surface area (Å²) in [5.41, 5.74) is 6.34. The lowest BCUT2D eigenvalue weighted by molar-refractivity contribution is 0.00990. The molecular weight excluding hydrogens is 222 g/mol. The fourth-order valence-corrected chi connectivity index (χ4v) is 1.57. The minimum atomic E-state index is 0.260. The Balaban J connectivity index is 1.84. The van der Waals surface area contributed by atoms with Crippen molar-refractivity contribution < 1.29 is 9.47 Å². The third-order valence-electron chi connectivity index (χ3n) is 2.50. The summed E-state index contributed by atoms with van der Waals surface area (Å²) in [7, 11) is 0. The molecule has 2 N–H and O–H groups in total. The molecule has 16 heavy (non-hydrogen) atoms. The molecule has 3 nitrogen and oxygen atoms in total. The van der Waals surface area contributed by atoms with E-state index in [1.165, 1.54) is 12.8 Å². The fraction of sp³-hybridized carbons (Fsp3) is 0.417. The van der Waals surface area contributed by atoms with Crippen molar-refractivity contribution >= 4 is 17.2 Å². The van der Waals surface area contributed by atoms with E-state index in [2.05, 4.69) is 0 Å². The van der Waals surface area contributed by atoms with Crippen molar-refractivity contribution in [3.8, 4) is 5.75 Å². The highest BCUT2D eigenvalue weighted by molar-refractivity contribution is 7.80. The summed E-state index contributed by atoms with van der Waals surface area (Å²) in [5.74, 6) is 1.43. The summed E-state index contributed by atoms with van der Waals surface area (Å²) in [6, 6.07) is 7.46. The first kappa shape index (κ1) is 11.4. The van der Waals surface area contributed by atoms with Gasteiger partial charge in [-0.3, -0.25) is 0 Å². The Morgan fingerprint density at radius 3 is 2.81 bits per heavy atom. The van der Waals surface area contributed by atoms with Crippen LogP contribution in [0.5, 0.6) is 5.75 Å². The maximum Gasteiger partial charge on any atom is 0.189 e. The van der Waals surface area contributed by atoms with Crippen molar-refractivity contribution in [2.75, 3.05) is 13.4 Å². The first-order valence-electron chi connectivity index (χ1n) is 5.37. The van der Waals surface area contributed by atoms with Gasteiger partial charge in [0.15, 0.2) is 6.79 Å². The van der Waals surface area contributed by atoms with E-state index in [4.69, 9.17) is 27.4 Å². The number of hydrogen-bond donors (Lipinski definition) is 1. The lowest BCUT2D eigenvalue weighted by atomic mass is 10.2. The number of benzene rings is 1. The quantitative estimate of drug-likeness (QED) is 0.467. The van der Waals surface area contributed by atoms with Gasteiger partial charge in [0.2, 0.25) is 0 Å². The Bertz CT molecular complexity index is 377. The summed E-state index contributed by atoms with van der Waals surface area (Å²) in [6.07, 6.45) is 2.56. The van der Waals surface area contributed by atoms with Crippen LogP contribution in [-0.2, 0) is 4.74 Å². The molecule has 0 amide bonds. The first-order chi connectivity index (χ1) is 7.77. The van der Waals surface area contributed by atoms with E-state index in [-0.39, 0.29) is 6.79 Å². The molecule has 0 atom stereocenters. The monoisotopic (exact) mass is 237 g/mol. The lowest BCUT2D eigenvalue weighted by Crippen LogP contribution is -2.13. The second kappa shape index (κ2) is 5.27. The van der Waals surface area contributed by atoms with Gasteiger partial charge in [-0.25, -0.2) is 0 Å². The van der Waals surface area contributed by atoms with Crippen molar-refractivity contribution in [1.82, 2.24) is 0 Å². The van der Waals surface area contributed by atoms with E-state index in [1.807, 2.05) is 24.3 Å². The van der Waals surface area contributed by atoms with Crippen LogP contribution in [0, 0.1) is 5.92 Å². The van der Waals surface area contributed by atoms with Crippen LogP contribution < -0.4 is 10.5 Å². The topological polar surface area (TPSA) is 44.5 Å². The molecule has 0 aromatic heterocycles. The number of rotatable bonds is 6. The number of thiocarbonyl (C=S) groups is 1. The van der Waals surface area contributed by atoms with Crippen LogP contribution in [0.25, 0.3) is 0 Å². The largest absolute Gasteiger partial charge is 0.467 e. The molecule has 86 valence electrons. The van der Waals surface area contributed by atoms with Crippen molar-refractivity contribution in [1.29, 1.82) is 0 Å². The fourth-order valence-electron chi connectivity index (χ4n) is 1.40. The van der Waals surface area contributed by atoms with Gasteiger partial charge in [-0.1, -0.05) is 24.4 Å². The number of nitrogens with two attached hydrogens (primary N) is 1. The maximum absolute atomic E-state index is 5.59. The Labute approximate surface area is 101 Å². The molecule has 1 aliphatic rings. The Morgan fingerprint density at radius 1 is 1.38 bits per heavy atom. The standard InChI is InChI=1S/C12H15NO2S/c13-12(16)10-3-1-2-4-11(10)15-8-14-7-9-5-6-9/h1-4,9H,5-8H2,(H2,13,16). The Morgan fingerprint density at radius 2 is 2.12 bits per heavy atom.